The molecule has 1 aromatic rings. The van der Waals surface area contributed by atoms with E-state index in [-0.39, 0.29) is 6.42 Å². The fourth-order valence-corrected chi connectivity index (χ4v) is 1.86. The molecule has 1 aromatic carbocycles. The summed E-state index contributed by atoms with van der Waals surface area (Å²) in [6.07, 6.45) is 1.48. The number of nitrogens with two attached hydrogens (primary N) is 1. The van der Waals surface area contributed by atoms with Gasteiger partial charge in [0.2, 0.25) is 0 Å². The van der Waals surface area contributed by atoms with Gasteiger partial charge in [-0.25, -0.2) is 0 Å². The Bertz CT molecular complexity index is 449. The highest BCUT2D eigenvalue weighted by Gasteiger charge is 2.08. The fourth-order valence-electron chi connectivity index (χ4n) is 1.50. The van der Waals surface area contributed by atoms with Gasteiger partial charge in [0.05, 0.1) is 5.56 Å². The van der Waals surface area contributed by atoms with Gasteiger partial charge in [0.15, 0.2) is 0 Å². The van der Waals surface area contributed by atoms with E-state index in [0.29, 0.717) is 24.2 Å². The maximum absolute atomic E-state index is 11.2. The Hall–Kier alpha value is -1.56. The van der Waals surface area contributed by atoms with Crippen molar-refractivity contribution in [3.63, 3.8) is 0 Å². The van der Waals surface area contributed by atoms with Gasteiger partial charge in [-0.2, -0.15) is 0 Å². The van der Waals surface area contributed by atoms with E-state index in [9.17, 15) is 9.59 Å². The summed E-state index contributed by atoms with van der Waals surface area (Å²) in [6, 6.07) is 5.23. The van der Waals surface area contributed by atoms with Crippen LogP contribution in [-0.4, -0.2) is 23.5 Å². The molecule has 0 unspecified atom stereocenters. The molecule has 0 bridgehead atoms. The number of benzene rings is 1. The van der Waals surface area contributed by atoms with E-state index < -0.39 is 11.9 Å². The average molecular weight is 315 g/mol. The molecule has 0 saturated carbocycles. The summed E-state index contributed by atoms with van der Waals surface area (Å²) >= 11 is 3.27. The Morgan fingerprint density at radius 2 is 2.06 bits per heavy atom. The quantitative estimate of drug-likeness (QED) is 0.673. The minimum Gasteiger partial charge on any atom is -0.481 e. The molecule has 4 N–H and O–H groups in total. The van der Waals surface area contributed by atoms with E-state index in [1.54, 1.807) is 12.1 Å². The standard InChI is InChI=1S/C12H15BrN2O3/c13-8-4-5-10(9(7-8)12(14)18)15-6-2-1-3-11(16)17/h4-5,7,15H,1-3,6H2,(H2,14,18)(H,16,17). The van der Waals surface area contributed by atoms with Crippen molar-refractivity contribution in [3.8, 4) is 0 Å². The van der Waals surface area contributed by atoms with E-state index >= 15 is 0 Å². The number of primary amides is 1. The summed E-state index contributed by atoms with van der Waals surface area (Å²) in [7, 11) is 0. The van der Waals surface area contributed by atoms with Gasteiger partial charge in [-0.1, -0.05) is 15.9 Å². The number of anilines is 1. The lowest BCUT2D eigenvalue weighted by molar-refractivity contribution is -0.137. The van der Waals surface area contributed by atoms with E-state index in [1.807, 2.05) is 6.07 Å². The first-order chi connectivity index (χ1) is 8.50. The van der Waals surface area contributed by atoms with Crippen LogP contribution in [0.5, 0.6) is 0 Å². The predicted molar refractivity (Wildman–Crippen MR) is 72.6 cm³/mol. The third-order valence-electron chi connectivity index (χ3n) is 2.38. The summed E-state index contributed by atoms with van der Waals surface area (Å²) in [5, 5.41) is 11.6. The number of halogens is 1. The molecule has 0 aromatic heterocycles. The number of unbranched alkanes of at least 4 members (excludes halogenated alkanes) is 1. The number of carboxylic acids is 1. The second-order valence-corrected chi connectivity index (χ2v) is 4.75. The molecule has 0 heterocycles. The maximum Gasteiger partial charge on any atom is 0.303 e. The third-order valence-corrected chi connectivity index (χ3v) is 2.87. The number of hydrogen-bond acceptors (Lipinski definition) is 3. The number of rotatable bonds is 7. The topological polar surface area (TPSA) is 92.4 Å². The third kappa shape index (κ3) is 4.75. The molecular formula is C12H15BrN2O3. The number of carbonyl (C=O) groups is 2. The van der Waals surface area contributed by atoms with Gasteiger partial charge in [0, 0.05) is 23.1 Å². The molecule has 6 heteroatoms. The molecule has 5 nitrogen and oxygen atoms in total. The monoisotopic (exact) mass is 314 g/mol. The molecule has 0 fully saturated rings. The Morgan fingerprint density at radius 1 is 1.33 bits per heavy atom. The minimum atomic E-state index is -0.795. The van der Waals surface area contributed by atoms with Crippen LogP contribution in [0.15, 0.2) is 22.7 Å². The highest BCUT2D eigenvalue weighted by molar-refractivity contribution is 9.10. The van der Waals surface area contributed by atoms with E-state index in [0.717, 1.165) is 10.9 Å². The van der Waals surface area contributed by atoms with Crippen molar-refractivity contribution in [3.05, 3.63) is 28.2 Å². The van der Waals surface area contributed by atoms with Gasteiger partial charge in [0.25, 0.3) is 5.91 Å². The molecule has 0 atom stereocenters. The molecule has 0 aliphatic heterocycles. The zero-order valence-electron chi connectivity index (χ0n) is 9.78. The number of nitrogens with one attached hydrogen (secondary N) is 1. The maximum atomic E-state index is 11.2. The molecule has 98 valence electrons. The van der Waals surface area contributed by atoms with Gasteiger partial charge < -0.3 is 16.2 Å². The van der Waals surface area contributed by atoms with Crippen molar-refractivity contribution in [1.82, 2.24) is 0 Å². The Balaban J connectivity index is 2.51. The summed E-state index contributed by atoms with van der Waals surface area (Å²) in [6.45, 7) is 0.606. The van der Waals surface area contributed by atoms with Crippen LogP contribution in [0.1, 0.15) is 29.6 Å². The lowest BCUT2D eigenvalue weighted by Crippen LogP contribution is -2.15. The molecule has 0 saturated heterocycles. The van der Waals surface area contributed by atoms with E-state index in [4.69, 9.17) is 10.8 Å². The Morgan fingerprint density at radius 3 is 2.67 bits per heavy atom. The van der Waals surface area contributed by atoms with Crippen LogP contribution >= 0.6 is 15.9 Å². The predicted octanol–water partition coefficient (Wildman–Crippen LogP) is 2.21. The van der Waals surface area contributed by atoms with Crippen LogP contribution in [0.3, 0.4) is 0 Å². The Labute approximate surface area is 113 Å². The van der Waals surface area contributed by atoms with Gasteiger partial charge in [-0.05, 0) is 31.0 Å². The second kappa shape index (κ2) is 7.00. The van der Waals surface area contributed by atoms with Crippen molar-refractivity contribution >= 4 is 33.5 Å². The van der Waals surface area contributed by atoms with Crippen LogP contribution in [0, 0.1) is 0 Å². The van der Waals surface area contributed by atoms with Gasteiger partial charge in [-0.15, -0.1) is 0 Å². The summed E-state index contributed by atoms with van der Waals surface area (Å²) in [5.74, 6) is -1.29. The van der Waals surface area contributed by atoms with Gasteiger partial charge in [-0.3, -0.25) is 9.59 Å². The van der Waals surface area contributed by atoms with Gasteiger partial charge in [0.1, 0.15) is 0 Å². The largest absolute Gasteiger partial charge is 0.481 e. The average Bonchev–Trinajstić information content (AvgIpc) is 2.29. The van der Waals surface area contributed by atoms with Crippen LogP contribution < -0.4 is 11.1 Å². The van der Waals surface area contributed by atoms with Crippen molar-refractivity contribution < 1.29 is 14.7 Å². The number of aliphatic carboxylic acids is 1. The number of carbonyl (C=O) groups excluding carboxylic acids is 1. The number of hydrogen-bond donors (Lipinski definition) is 3. The summed E-state index contributed by atoms with van der Waals surface area (Å²) in [5.41, 5.74) is 6.36. The highest BCUT2D eigenvalue weighted by Crippen LogP contribution is 2.20. The van der Waals surface area contributed by atoms with Crippen molar-refractivity contribution in [1.29, 1.82) is 0 Å². The SMILES string of the molecule is NC(=O)c1cc(Br)ccc1NCCCCC(=O)O. The first-order valence-corrected chi connectivity index (χ1v) is 6.35. The van der Waals surface area contributed by atoms with Crippen LogP contribution in [0.4, 0.5) is 5.69 Å². The van der Waals surface area contributed by atoms with Crippen LogP contribution in [0.2, 0.25) is 0 Å². The van der Waals surface area contributed by atoms with Gasteiger partial charge >= 0.3 is 5.97 Å². The second-order valence-electron chi connectivity index (χ2n) is 3.83. The molecule has 0 radical (unpaired) electrons. The molecule has 18 heavy (non-hydrogen) atoms. The molecule has 0 aliphatic rings. The summed E-state index contributed by atoms with van der Waals surface area (Å²) < 4.78 is 0.785. The Kier molecular flexibility index (Phi) is 5.64. The molecule has 0 aliphatic carbocycles. The van der Waals surface area contributed by atoms with Crippen molar-refractivity contribution in [2.75, 3.05) is 11.9 Å². The lowest BCUT2D eigenvalue weighted by atomic mass is 10.1. The normalized spacial score (nSPS) is 10.1. The fraction of sp³-hybridized carbons (Fsp3) is 0.333. The van der Waals surface area contributed by atoms with E-state index in [2.05, 4.69) is 21.2 Å². The molecular weight excluding hydrogens is 300 g/mol. The lowest BCUT2D eigenvalue weighted by Gasteiger charge is -2.10. The highest BCUT2D eigenvalue weighted by atomic mass is 79.9. The zero-order chi connectivity index (χ0) is 13.5. The van der Waals surface area contributed by atoms with Crippen LogP contribution in [0.25, 0.3) is 0 Å². The smallest absolute Gasteiger partial charge is 0.303 e. The number of amides is 1. The minimum absolute atomic E-state index is 0.157. The summed E-state index contributed by atoms with van der Waals surface area (Å²) in [4.78, 5) is 21.6. The molecule has 1 rings (SSSR count). The molecule has 0 spiro atoms. The number of carboxylic acid groups (broad SMARTS) is 1. The molecule has 1 amide bonds. The first-order valence-electron chi connectivity index (χ1n) is 5.55. The van der Waals surface area contributed by atoms with Crippen molar-refractivity contribution in [2.45, 2.75) is 19.3 Å². The van der Waals surface area contributed by atoms with E-state index in [1.165, 1.54) is 0 Å². The first kappa shape index (κ1) is 14.5. The van der Waals surface area contributed by atoms with Crippen molar-refractivity contribution in [2.24, 2.45) is 5.73 Å². The van der Waals surface area contributed by atoms with Crippen LogP contribution in [-0.2, 0) is 4.79 Å². The zero-order valence-corrected chi connectivity index (χ0v) is 11.4.